The van der Waals surface area contributed by atoms with Crippen molar-refractivity contribution in [2.45, 2.75) is 51.3 Å². The Balaban J connectivity index is 1.61. The lowest BCUT2D eigenvalue weighted by molar-refractivity contribution is -0.133. The molecule has 2 saturated heterocycles. The number of carbonyl (C=O) groups excluding carboxylic acids is 2. The monoisotopic (exact) mass is 478 g/mol. The number of piperidine rings is 1. The van der Waals surface area contributed by atoms with Gasteiger partial charge in [-0.05, 0) is 37.3 Å². The Morgan fingerprint density at radius 2 is 1.79 bits per heavy atom. The van der Waals surface area contributed by atoms with E-state index in [1.165, 1.54) is 23.1 Å². The Morgan fingerprint density at radius 3 is 2.35 bits per heavy atom. The normalized spacial score (nSPS) is 19.4. The lowest BCUT2D eigenvalue weighted by Gasteiger charge is -2.38. The molecule has 3 rings (SSSR count). The molecule has 0 spiro atoms. The van der Waals surface area contributed by atoms with Crippen LogP contribution in [0.2, 0.25) is 0 Å². The number of carbonyl (C=O) groups is 2. The van der Waals surface area contributed by atoms with E-state index in [4.69, 9.17) is 9.47 Å². The summed E-state index contributed by atoms with van der Waals surface area (Å²) in [6, 6.07) is 5.96. The standard InChI is InChI=1S/C24H32F2N4O4/c1-17(2)14-21(34-23(32)30-10-12-33-13-11-30)22(31)28-24(16-27)6-8-29(9-7-24)15-18-19(25)4-3-5-20(18)26/h3-5,17,21H,6-15H2,1-2H3,(H,28,31). The van der Waals surface area contributed by atoms with Gasteiger partial charge in [0.05, 0.1) is 19.3 Å². The quantitative estimate of drug-likeness (QED) is 0.648. The summed E-state index contributed by atoms with van der Waals surface area (Å²) in [5, 5.41) is 12.7. The largest absolute Gasteiger partial charge is 0.436 e. The van der Waals surface area contributed by atoms with Crippen LogP contribution < -0.4 is 5.32 Å². The molecule has 186 valence electrons. The van der Waals surface area contributed by atoms with Gasteiger partial charge in [-0.15, -0.1) is 0 Å². The number of nitrogens with one attached hydrogen (secondary N) is 1. The third kappa shape index (κ3) is 6.64. The molecular weight excluding hydrogens is 446 g/mol. The summed E-state index contributed by atoms with van der Waals surface area (Å²) in [6.45, 7) is 6.31. The summed E-state index contributed by atoms with van der Waals surface area (Å²) in [4.78, 5) is 29.0. The fraction of sp³-hybridized carbons (Fsp3) is 0.625. The van der Waals surface area contributed by atoms with Gasteiger partial charge in [0.25, 0.3) is 5.91 Å². The smallest absolute Gasteiger partial charge is 0.410 e. The summed E-state index contributed by atoms with van der Waals surface area (Å²) < 4.78 is 38.8. The fourth-order valence-electron chi connectivity index (χ4n) is 4.16. The predicted octanol–water partition coefficient (Wildman–Crippen LogP) is 2.82. The Kier molecular flexibility index (Phi) is 8.80. The Hall–Kier alpha value is -2.77. The van der Waals surface area contributed by atoms with Crippen LogP contribution in [0.25, 0.3) is 0 Å². The van der Waals surface area contributed by atoms with E-state index in [0.717, 1.165) is 0 Å². The molecule has 2 fully saturated rings. The zero-order valence-corrected chi connectivity index (χ0v) is 19.7. The molecule has 1 unspecified atom stereocenters. The zero-order chi connectivity index (χ0) is 24.7. The summed E-state index contributed by atoms with van der Waals surface area (Å²) in [5.74, 6) is -1.64. The summed E-state index contributed by atoms with van der Waals surface area (Å²) in [7, 11) is 0. The van der Waals surface area contributed by atoms with Gasteiger partial charge >= 0.3 is 6.09 Å². The number of rotatable bonds is 7. The number of morpholine rings is 1. The number of ether oxygens (including phenoxy) is 2. The SMILES string of the molecule is CC(C)CC(OC(=O)N1CCOCC1)C(=O)NC1(C#N)CCN(Cc2c(F)cccc2F)CC1. The number of hydrogen-bond acceptors (Lipinski definition) is 6. The van der Waals surface area contributed by atoms with E-state index in [1.54, 1.807) is 0 Å². The van der Waals surface area contributed by atoms with Crippen molar-refractivity contribution in [3.63, 3.8) is 0 Å². The second-order valence-electron chi connectivity index (χ2n) is 9.26. The van der Waals surface area contributed by atoms with Gasteiger partial charge in [-0.3, -0.25) is 9.69 Å². The van der Waals surface area contributed by atoms with Crippen LogP contribution in [0.15, 0.2) is 18.2 Å². The van der Waals surface area contributed by atoms with Gasteiger partial charge in [0.15, 0.2) is 6.10 Å². The van der Waals surface area contributed by atoms with Crippen LogP contribution >= 0.6 is 0 Å². The van der Waals surface area contributed by atoms with Gasteiger partial charge in [0, 0.05) is 38.3 Å². The van der Waals surface area contributed by atoms with Gasteiger partial charge in [0.1, 0.15) is 17.2 Å². The molecule has 2 aliphatic heterocycles. The molecule has 0 aromatic heterocycles. The van der Waals surface area contributed by atoms with Crippen molar-refractivity contribution in [1.82, 2.24) is 15.1 Å². The van der Waals surface area contributed by atoms with Crippen LogP contribution in [-0.2, 0) is 20.8 Å². The zero-order valence-electron chi connectivity index (χ0n) is 19.7. The highest BCUT2D eigenvalue weighted by molar-refractivity contribution is 5.84. The molecule has 2 aliphatic rings. The van der Waals surface area contributed by atoms with Crippen molar-refractivity contribution < 1.29 is 27.8 Å². The van der Waals surface area contributed by atoms with E-state index in [0.29, 0.717) is 45.8 Å². The summed E-state index contributed by atoms with van der Waals surface area (Å²) in [6.07, 6.45) is -0.695. The van der Waals surface area contributed by atoms with E-state index in [9.17, 15) is 23.6 Å². The lowest BCUT2D eigenvalue weighted by atomic mass is 9.88. The molecule has 0 aliphatic carbocycles. The van der Waals surface area contributed by atoms with E-state index >= 15 is 0 Å². The molecule has 1 atom stereocenters. The minimum absolute atomic E-state index is 0.0111. The van der Waals surface area contributed by atoms with Gasteiger partial charge in [-0.2, -0.15) is 5.26 Å². The van der Waals surface area contributed by atoms with E-state index in [-0.39, 0.29) is 30.9 Å². The van der Waals surface area contributed by atoms with Crippen LogP contribution in [0.1, 0.15) is 38.7 Å². The van der Waals surface area contributed by atoms with Crippen LogP contribution in [0.5, 0.6) is 0 Å². The second kappa shape index (κ2) is 11.6. The van der Waals surface area contributed by atoms with Crippen molar-refractivity contribution in [2.24, 2.45) is 5.92 Å². The Labute approximate surface area is 198 Å². The third-order valence-corrected chi connectivity index (χ3v) is 6.22. The maximum atomic E-state index is 14.0. The highest BCUT2D eigenvalue weighted by Gasteiger charge is 2.39. The van der Waals surface area contributed by atoms with Crippen molar-refractivity contribution in [2.75, 3.05) is 39.4 Å². The minimum atomic E-state index is -1.14. The molecule has 1 N–H and O–H groups in total. The average Bonchev–Trinajstić information content (AvgIpc) is 2.82. The summed E-state index contributed by atoms with van der Waals surface area (Å²) in [5.41, 5.74) is -1.15. The molecule has 10 heteroatoms. The second-order valence-corrected chi connectivity index (χ2v) is 9.26. The molecular formula is C24H32F2N4O4. The first-order chi connectivity index (χ1) is 16.2. The number of amides is 2. The van der Waals surface area contributed by atoms with Gasteiger partial charge in [-0.25, -0.2) is 13.6 Å². The first-order valence-corrected chi connectivity index (χ1v) is 11.6. The van der Waals surface area contributed by atoms with Crippen molar-refractivity contribution in [3.8, 4) is 6.07 Å². The van der Waals surface area contributed by atoms with E-state index < -0.39 is 35.3 Å². The van der Waals surface area contributed by atoms with Crippen LogP contribution in [-0.4, -0.2) is 72.8 Å². The maximum Gasteiger partial charge on any atom is 0.410 e. The van der Waals surface area contributed by atoms with Gasteiger partial charge in [-0.1, -0.05) is 19.9 Å². The van der Waals surface area contributed by atoms with Gasteiger partial charge in [0.2, 0.25) is 0 Å². The first kappa shape index (κ1) is 25.8. The number of hydrogen-bond donors (Lipinski definition) is 1. The van der Waals surface area contributed by atoms with Crippen LogP contribution in [0.4, 0.5) is 13.6 Å². The number of nitriles is 1. The van der Waals surface area contributed by atoms with E-state index in [2.05, 4.69) is 11.4 Å². The molecule has 0 bridgehead atoms. The van der Waals surface area contributed by atoms with Crippen molar-refractivity contribution in [1.29, 1.82) is 5.26 Å². The van der Waals surface area contributed by atoms with Crippen LogP contribution in [0, 0.1) is 28.9 Å². The molecule has 0 radical (unpaired) electrons. The highest BCUT2D eigenvalue weighted by atomic mass is 19.1. The lowest BCUT2D eigenvalue weighted by Crippen LogP contribution is -2.57. The number of nitrogens with zero attached hydrogens (tertiary/aromatic N) is 3. The molecule has 0 saturated carbocycles. The predicted molar refractivity (Wildman–Crippen MR) is 119 cm³/mol. The van der Waals surface area contributed by atoms with Crippen molar-refractivity contribution >= 4 is 12.0 Å². The number of halogens is 2. The average molecular weight is 479 g/mol. The summed E-state index contributed by atoms with van der Waals surface area (Å²) >= 11 is 0. The van der Waals surface area contributed by atoms with E-state index in [1.807, 2.05) is 18.7 Å². The molecule has 8 nitrogen and oxygen atoms in total. The van der Waals surface area contributed by atoms with Gasteiger partial charge < -0.3 is 19.7 Å². The fourth-order valence-corrected chi connectivity index (χ4v) is 4.16. The minimum Gasteiger partial charge on any atom is -0.436 e. The van der Waals surface area contributed by atoms with Crippen molar-refractivity contribution in [3.05, 3.63) is 35.4 Å². The molecule has 1 aromatic rings. The maximum absolute atomic E-state index is 14.0. The highest BCUT2D eigenvalue weighted by Crippen LogP contribution is 2.25. The number of benzene rings is 1. The van der Waals surface area contributed by atoms with Crippen LogP contribution in [0.3, 0.4) is 0 Å². The molecule has 34 heavy (non-hydrogen) atoms. The first-order valence-electron chi connectivity index (χ1n) is 11.6. The Morgan fingerprint density at radius 1 is 1.18 bits per heavy atom. The molecule has 2 heterocycles. The molecule has 1 aromatic carbocycles. The third-order valence-electron chi connectivity index (χ3n) is 6.22. The Bertz CT molecular complexity index is 886. The molecule has 2 amide bonds. The topological polar surface area (TPSA) is 94.9 Å². The number of likely N-dealkylation sites (tertiary alicyclic amines) is 1.